The van der Waals surface area contributed by atoms with Crippen LogP contribution in [0.3, 0.4) is 0 Å². The van der Waals surface area contributed by atoms with Crippen molar-refractivity contribution in [1.29, 1.82) is 0 Å². The Labute approximate surface area is 153 Å². The van der Waals surface area contributed by atoms with Gasteiger partial charge in [-0.1, -0.05) is 13.0 Å². The van der Waals surface area contributed by atoms with Crippen molar-refractivity contribution < 1.29 is 20.1 Å². The quantitative estimate of drug-likeness (QED) is 0.707. The lowest BCUT2D eigenvalue weighted by Gasteiger charge is -2.65. The van der Waals surface area contributed by atoms with Crippen molar-refractivity contribution >= 4 is 5.78 Å². The van der Waals surface area contributed by atoms with Gasteiger partial charge in [0.05, 0.1) is 5.60 Å². The van der Waals surface area contributed by atoms with Crippen LogP contribution in [0.5, 0.6) is 11.5 Å². The van der Waals surface area contributed by atoms with Crippen LogP contribution in [0, 0.1) is 11.8 Å². The molecular formula is C21H27NO4. The number of nitrogens with zero attached hydrogens (tertiary/aromatic N) is 1. The molecule has 4 atom stereocenters. The van der Waals surface area contributed by atoms with Crippen molar-refractivity contribution in [3.05, 3.63) is 23.3 Å². The molecule has 1 aromatic carbocycles. The van der Waals surface area contributed by atoms with E-state index in [1.807, 2.05) is 13.0 Å². The maximum atomic E-state index is 12.7. The van der Waals surface area contributed by atoms with Gasteiger partial charge in [0, 0.05) is 35.9 Å². The van der Waals surface area contributed by atoms with Gasteiger partial charge < -0.3 is 15.3 Å². The number of carbonyl (C=O) groups excluding carboxylic acids is 1. The van der Waals surface area contributed by atoms with Gasteiger partial charge in [-0.3, -0.25) is 9.69 Å². The fourth-order valence-corrected chi connectivity index (χ4v) is 6.28. The second-order valence-corrected chi connectivity index (χ2v) is 8.96. The summed E-state index contributed by atoms with van der Waals surface area (Å²) in [5, 5.41) is 32.9. The molecule has 3 aliphatic carbocycles. The highest BCUT2D eigenvalue weighted by molar-refractivity contribution is 5.85. The number of piperidine rings is 1. The number of hydrogen-bond acceptors (Lipinski definition) is 5. The Balaban J connectivity index is 1.72. The minimum atomic E-state index is -1.04. The Bertz CT molecular complexity index is 788. The first-order valence-corrected chi connectivity index (χ1v) is 9.92. The zero-order valence-electron chi connectivity index (χ0n) is 15.2. The second-order valence-electron chi connectivity index (χ2n) is 8.96. The SMILES string of the molecule is CC1C(=O)CC[C@@]2(O)[C@H]3Cc4ccc(O)c(O)c4[C@@]12CCN3CC1CC1. The van der Waals surface area contributed by atoms with Crippen LogP contribution < -0.4 is 0 Å². The zero-order valence-corrected chi connectivity index (χ0v) is 15.2. The van der Waals surface area contributed by atoms with Crippen molar-refractivity contribution in [2.45, 2.75) is 62.5 Å². The van der Waals surface area contributed by atoms with Crippen LogP contribution in [0.25, 0.3) is 0 Å². The van der Waals surface area contributed by atoms with Crippen LogP contribution >= 0.6 is 0 Å². The summed E-state index contributed by atoms with van der Waals surface area (Å²) in [6.07, 6.45) is 4.68. The molecule has 2 bridgehead atoms. The summed E-state index contributed by atoms with van der Waals surface area (Å²) in [7, 11) is 0. The molecular weight excluding hydrogens is 330 g/mol. The summed E-state index contributed by atoms with van der Waals surface area (Å²) in [6.45, 7) is 3.75. The zero-order chi connectivity index (χ0) is 18.3. The number of aliphatic hydroxyl groups is 1. The first kappa shape index (κ1) is 16.6. The molecule has 0 radical (unpaired) electrons. The molecule has 140 valence electrons. The van der Waals surface area contributed by atoms with E-state index < -0.39 is 11.0 Å². The molecule has 5 heteroatoms. The van der Waals surface area contributed by atoms with Crippen molar-refractivity contribution in [1.82, 2.24) is 4.90 Å². The van der Waals surface area contributed by atoms with E-state index in [1.54, 1.807) is 0 Å². The highest BCUT2D eigenvalue weighted by Gasteiger charge is 2.68. The summed E-state index contributed by atoms with van der Waals surface area (Å²) >= 11 is 0. The van der Waals surface area contributed by atoms with Gasteiger partial charge in [-0.15, -0.1) is 0 Å². The average Bonchev–Trinajstić information content (AvgIpc) is 3.42. The van der Waals surface area contributed by atoms with Crippen molar-refractivity contribution in [3.63, 3.8) is 0 Å². The number of fused-ring (bicyclic) bond motifs is 1. The average molecular weight is 357 g/mol. The van der Waals surface area contributed by atoms with Gasteiger partial charge in [0.1, 0.15) is 5.78 Å². The van der Waals surface area contributed by atoms with Crippen LogP contribution in [0.1, 0.15) is 50.2 Å². The van der Waals surface area contributed by atoms with Crippen molar-refractivity contribution in [2.75, 3.05) is 13.1 Å². The summed E-state index contributed by atoms with van der Waals surface area (Å²) < 4.78 is 0. The van der Waals surface area contributed by atoms with E-state index in [0.717, 1.165) is 24.6 Å². The molecule has 0 spiro atoms. The van der Waals surface area contributed by atoms with Gasteiger partial charge >= 0.3 is 0 Å². The number of aromatic hydroxyl groups is 2. The summed E-state index contributed by atoms with van der Waals surface area (Å²) in [5.74, 6) is 0.225. The van der Waals surface area contributed by atoms with E-state index in [9.17, 15) is 20.1 Å². The highest BCUT2D eigenvalue weighted by atomic mass is 16.3. The lowest BCUT2D eigenvalue weighted by atomic mass is 9.46. The third kappa shape index (κ3) is 1.91. The maximum absolute atomic E-state index is 12.7. The number of likely N-dealkylation sites (tertiary alicyclic amines) is 1. The third-order valence-electron chi connectivity index (χ3n) is 7.82. The van der Waals surface area contributed by atoms with E-state index in [1.165, 1.54) is 18.9 Å². The number of phenols is 2. The van der Waals surface area contributed by atoms with E-state index in [-0.39, 0.29) is 29.2 Å². The summed E-state index contributed by atoms with van der Waals surface area (Å²) in [5.41, 5.74) is -0.241. The molecule has 1 aromatic rings. The Morgan fingerprint density at radius 1 is 1.23 bits per heavy atom. The number of phenolic OH excluding ortho intramolecular Hbond substituents is 2. The van der Waals surface area contributed by atoms with Gasteiger partial charge in [0.2, 0.25) is 0 Å². The molecule has 0 amide bonds. The highest BCUT2D eigenvalue weighted by Crippen LogP contribution is 2.62. The molecule has 5 nitrogen and oxygen atoms in total. The third-order valence-corrected chi connectivity index (χ3v) is 7.82. The molecule has 0 aromatic heterocycles. The van der Waals surface area contributed by atoms with E-state index >= 15 is 0 Å². The van der Waals surface area contributed by atoms with E-state index in [0.29, 0.717) is 31.2 Å². The van der Waals surface area contributed by atoms with Crippen molar-refractivity contribution in [3.8, 4) is 11.5 Å². The van der Waals surface area contributed by atoms with E-state index in [2.05, 4.69) is 4.90 Å². The standard InChI is InChI=1S/C21H27NO4/c1-12-15(23)6-7-21(26)17-10-14-4-5-16(24)19(25)18(14)20(12,21)8-9-22(17)11-13-2-3-13/h4-5,12-13,17,24-26H,2-3,6-11H2,1H3/t12?,17-,20-,21-/m1/s1. The first-order chi connectivity index (χ1) is 12.4. The predicted molar refractivity (Wildman–Crippen MR) is 96.2 cm³/mol. The van der Waals surface area contributed by atoms with Crippen LogP contribution in [-0.4, -0.2) is 50.7 Å². The van der Waals surface area contributed by atoms with Crippen LogP contribution in [0.4, 0.5) is 0 Å². The molecule has 3 N–H and O–H groups in total. The van der Waals surface area contributed by atoms with Gasteiger partial charge in [0.15, 0.2) is 11.5 Å². The summed E-state index contributed by atoms with van der Waals surface area (Å²) in [6, 6.07) is 3.38. The number of hydrogen-bond donors (Lipinski definition) is 3. The molecule has 1 saturated heterocycles. The molecule has 1 unspecified atom stereocenters. The van der Waals surface area contributed by atoms with Gasteiger partial charge in [-0.2, -0.15) is 0 Å². The monoisotopic (exact) mass is 357 g/mol. The number of ketones is 1. The maximum Gasteiger partial charge on any atom is 0.161 e. The molecule has 5 rings (SSSR count). The number of rotatable bonds is 2. The minimum absolute atomic E-state index is 0.0242. The van der Waals surface area contributed by atoms with Crippen LogP contribution in [-0.2, 0) is 16.6 Å². The largest absolute Gasteiger partial charge is 0.504 e. The first-order valence-electron chi connectivity index (χ1n) is 9.92. The van der Waals surface area contributed by atoms with Gasteiger partial charge in [-0.05, 0) is 56.2 Å². The fraction of sp³-hybridized carbons (Fsp3) is 0.667. The van der Waals surface area contributed by atoms with Crippen LogP contribution in [0.2, 0.25) is 0 Å². The Hall–Kier alpha value is -1.59. The number of benzene rings is 1. The van der Waals surface area contributed by atoms with Gasteiger partial charge in [0.25, 0.3) is 0 Å². The molecule has 1 heterocycles. The molecule has 26 heavy (non-hydrogen) atoms. The van der Waals surface area contributed by atoms with Crippen molar-refractivity contribution in [2.24, 2.45) is 11.8 Å². The lowest BCUT2D eigenvalue weighted by Crippen LogP contribution is -2.75. The molecule has 3 fully saturated rings. The number of Topliss-reactive ketones (excluding diaryl/α,β-unsaturated/α-hetero) is 1. The Kier molecular flexibility index (Phi) is 3.33. The predicted octanol–water partition coefficient (Wildman–Crippen LogP) is 2.11. The van der Waals surface area contributed by atoms with Gasteiger partial charge in [-0.25, -0.2) is 0 Å². The summed E-state index contributed by atoms with van der Waals surface area (Å²) in [4.78, 5) is 15.1. The fourth-order valence-electron chi connectivity index (χ4n) is 6.28. The Morgan fingerprint density at radius 2 is 2.00 bits per heavy atom. The normalized spacial score (nSPS) is 39.4. The molecule has 1 aliphatic heterocycles. The topological polar surface area (TPSA) is 81.0 Å². The smallest absolute Gasteiger partial charge is 0.161 e. The molecule has 2 saturated carbocycles. The van der Waals surface area contributed by atoms with E-state index in [4.69, 9.17) is 0 Å². The van der Waals surface area contributed by atoms with Crippen LogP contribution in [0.15, 0.2) is 12.1 Å². The Morgan fingerprint density at radius 3 is 2.73 bits per heavy atom. The number of carbonyl (C=O) groups is 1. The second kappa shape index (κ2) is 5.23. The lowest BCUT2D eigenvalue weighted by molar-refractivity contribution is -0.187. The minimum Gasteiger partial charge on any atom is -0.504 e. The molecule has 4 aliphatic rings.